The van der Waals surface area contributed by atoms with Crippen molar-refractivity contribution in [3.05, 3.63) is 77.2 Å². The summed E-state index contributed by atoms with van der Waals surface area (Å²) in [5.41, 5.74) is 4.01. The lowest BCUT2D eigenvalue weighted by molar-refractivity contribution is 0.220. The Kier molecular flexibility index (Phi) is 3.54. The van der Waals surface area contributed by atoms with Crippen LogP contribution in [0, 0.1) is 12.7 Å². The maximum absolute atomic E-state index is 13.0. The molecule has 2 N–H and O–H groups in total. The Bertz CT molecular complexity index is 749. The van der Waals surface area contributed by atoms with Crippen LogP contribution in [0.15, 0.2) is 54.7 Å². The van der Waals surface area contributed by atoms with Gasteiger partial charge in [0.05, 0.1) is 11.9 Å². The Morgan fingerprint density at radius 1 is 1.05 bits per heavy atom. The second-order valence-corrected chi connectivity index (χ2v) is 4.97. The quantitative estimate of drug-likeness (QED) is 0.771. The van der Waals surface area contributed by atoms with Crippen LogP contribution in [0.3, 0.4) is 0 Å². The molecular formula is C17H15FN2O. The zero-order chi connectivity index (χ0) is 14.8. The molecular weight excluding hydrogens is 267 g/mol. The number of aromatic nitrogens is 2. The predicted octanol–water partition coefficient (Wildman–Crippen LogP) is 3.61. The molecule has 0 aliphatic heterocycles. The van der Waals surface area contributed by atoms with Gasteiger partial charge in [0.1, 0.15) is 11.9 Å². The summed E-state index contributed by atoms with van der Waals surface area (Å²) in [7, 11) is 0. The first-order valence-electron chi connectivity index (χ1n) is 6.69. The largest absolute Gasteiger partial charge is 0.384 e. The molecule has 0 saturated heterocycles. The van der Waals surface area contributed by atoms with Crippen molar-refractivity contribution in [3.8, 4) is 11.3 Å². The molecule has 0 spiro atoms. The lowest BCUT2D eigenvalue weighted by atomic mass is 9.96. The molecule has 106 valence electrons. The van der Waals surface area contributed by atoms with Crippen LogP contribution in [-0.4, -0.2) is 15.3 Å². The highest BCUT2D eigenvalue weighted by molar-refractivity contribution is 5.64. The molecule has 1 unspecified atom stereocenters. The van der Waals surface area contributed by atoms with E-state index < -0.39 is 6.10 Å². The van der Waals surface area contributed by atoms with E-state index >= 15 is 0 Å². The number of H-pyrrole nitrogens is 1. The highest BCUT2D eigenvalue weighted by Crippen LogP contribution is 2.31. The van der Waals surface area contributed by atoms with Crippen molar-refractivity contribution < 1.29 is 9.50 Å². The summed E-state index contributed by atoms with van der Waals surface area (Å²) in [6.45, 7) is 1.95. The summed E-state index contributed by atoms with van der Waals surface area (Å²) in [6, 6.07) is 13.8. The second-order valence-electron chi connectivity index (χ2n) is 4.97. The van der Waals surface area contributed by atoms with E-state index in [2.05, 4.69) is 10.2 Å². The number of nitrogens with zero attached hydrogens (tertiary/aromatic N) is 1. The first kappa shape index (κ1) is 13.5. The maximum Gasteiger partial charge on any atom is 0.123 e. The van der Waals surface area contributed by atoms with E-state index in [1.165, 1.54) is 12.1 Å². The van der Waals surface area contributed by atoms with Gasteiger partial charge in [-0.3, -0.25) is 5.10 Å². The number of rotatable bonds is 3. The molecule has 3 nitrogen and oxygen atoms in total. The number of hydrogen-bond acceptors (Lipinski definition) is 2. The average Bonchev–Trinajstić information content (AvgIpc) is 2.97. The van der Waals surface area contributed by atoms with Crippen LogP contribution in [0.4, 0.5) is 4.39 Å². The number of aliphatic hydroxyl groups is 1. The van der Waals surface area contributed by atoms with Crippen LogP contribution >= 0.6 is 0 Å². The van der Waals surface area contributed by atoms with Gasteiger partial charge in [0.2, 0.25) is 0 Å². The summed E-state index contributed by atoms with van der Waals surface area (Å²) in [4.78, 5) is 0. The second kappa shape index (κ2) is 5.50. The summed E-state index contributed by atoms with van der Waals surface area (Å²) in [5.74, 6) is -0.292. The number of aromatic amines is 1. The van der Waals surface area contributed by atoms with E-state index in [1.54, 1.807) is 18.3 Å². The van der Waals surface area contributed by atoms with E-state index in [1.807, 2.05) is 31.2 Å². The van der Waals surface area contributed by atoms with Crippen LogP contribution in [0.5, 0.6) is 0 Å². The number of halogens is 1. The zero-order valence-corrected chi connectivity index (χ0v) is 11.5. The molecule has 21 heavy (non-hydrogen) atoms. The lowest BCUT2D eigenvalue weighted by Gasteiger charge is -2.14. The molecule has 3 rings (SSSR count). The summed E-state index contributed by atoms with van der Waals surface area (Å²) >= 11 is 0. The highest BCUT2D eigenvalue weighted by Gasteiger charge is 2.19. The molecule has 0 aliphatic carbocycles. The van der Waals surface area contributed by atoms with Crippen LogP contribution < -0.4 is 0 Å². The van der Waals surface area contributed by atoms with Gasteiger partial charge in [0.25, 0.3) is 0 Å². The summed E-state index contributed by atoms with van der Waals surface area (Å²) in [6.07, 6.45) is 0.834. The van der Waals surface area contributed by atoms with Crippen LogP contribution in [0.25, 0.3) is 11.3 Å². The Hall–Kier alpha value is -2.46. The summed E-state index contributed by atoms with van der Waals surface area (Å²) < 4.78 is 13.0. The van der Waals surface area contributed by atoms with Gasteiger partial charge in [-0.05, 0) is 42.3 Å². The molecule has 3 aromatic rings. The van der Waals surface area contributed by atoms with Crippen molar-refractivity contribution in [1.82, 2.24) is 10.2 Å². The molecule has 1 aromatic heterocycles. The number of hydrogen-bond donors (Lipinski definition) is 2. The van der Waals surface area contributed by atoms with Gasteiger partial charge in [-0.2, -0.15) is 5.10 Å². The van der Waals surface area contributed by atoms with Crippen molar-refractivity contribution in [1.29, 1.82) is 0 Å². The van der Waals surface area contributed by atoms with Crippen LogP contribution in [0.2, 0.25) is 0 Å². The molecule has 1 heterocycles. The smallest absolute Gasteiger partial charge is 0.123 e. The number of benzene rings is 2. The van der Waals surface area contributed by atoms with Crippen molar-refractivity contribution in [3.63, 3.8) is 0 Å². The zero-order valence-electron chi connectivity index (χ0n) is 11.5. The van der Waals surface area contributed by atoms with Crippen molar-refractivity contribution in [2.45, 2.75) is 13.0 Å². The topological polar surface area (TPSA) is 48.9 Å². The van der Waals surface area contributed by atoms with Gasteiger partial charge >= 0.3 is 0 Å². The van der Waals surface area contributed by atoms with Crippen LogP contribution in [0.1, 0.15) is 22.8 Å². The van der Waals surface area contributed by atoms with E-state index in [4.69, 9.17) is 0 Å². The summed E-state index contributed by atoms with van der Waals surface area (Å²) in [5, 5.41) is 17.5. The molecule has 0 fully saturated rings. The molecule has 0 saturated carbocycles. The molecule has 2 aromatic carbocycles. The minimum absolute atomic E-state index is 0.292. The van der Waals surface area contributed by atoms with E-state index in [9.17, 15) is 9.50 Å². The third-order valence-corrected chi connectivity index (χ3v) is 3.58. The third-order valence-electron chi connectivity index (χ3n) is 3.58. The van der Waals surface area contributed by atoms with Gasteiger partial charge < -0.3 is 5.11 Å². The van der Waals surface area contributed by atoms with Gasteiger partial charge in [0.15, 0.2) is 0 Å². The molecule has 1 atom stereocenters. The minimum Gasteiger partial charge on any atom is -0.384 e. The third kappa shape index (κ3) is 2.58. The van der Waals surface area contributed by atoms with Crippen molar-refractivity contribution >= 4 is 0 Å². The predicted molar refractivity (Wildman–Crippen MR) is 79.2 cm³/mol. The Morgan fingerprint density at radius 2 is 1.76 bits per heavy atom. The maximum atomic E-state index is 13.0. The number of nitrogens with one attached hydrogen (secondary N) is 1. The van der Waals surface area contributed by atoms with Gasteiger partial charge in [-0.15, -0.1) is 0 Å². The minimum atomic E-state index is -0.773. The van der Waals surface area contributed by atoms with Gasteiger partial charge in [-0.1, -0.05) is 24.3 Å². The lowest BCUT2D eigenvalue weighted by Crippen LogP contribution is -2.02. The fraction of sp³-hybridized carbons (Fsp3) is 0.118. The molecule has 0 radical (unpaired) electrons. The molecule has 0 aliphatic rings. The fourth-order valence-corrected chi connectivity index (χ4v) is 2.41. The molecule has 0 amide bonds. The monoisotopic (exact) mass is 282 g/mol. The molecule has 0 bridgehead atoms. The van der Waals surface area contributed by atoms with Crippen molar-refractivity contribution in [2.75, 3.05) is 0 Å². The first-order valence-corrected chi connectivity index (χ1v) is 6.69. The van der Waals surface area contributed by atoms with Gasteiger partial charge in [0, 0.05) is 11.1 Å². The number of aliphatic hydroxyl groups excluding tert-OH is 1. The van der Waals surface area contributed by atoms with Crippen LogP contribution in [-0.2, 0) is 0 Å². The Labute approximate surface area is 122 Å². The number of aryl methyl sites for hydroxylation is 1. The SMILES string of the molecule is Cc1ccccc1C(O)c1cn[nH]c1-c1ccc(F)cc1. The van der Waals surface area contributed by atoms with E-state index in [-0.39, 0.29) is 5.82 Å². The Balaban J connectivity index is 2.03. The average molecular weight is 282 g/mol. The van der Waals surface area contributed by atoms with Crippen molar-refractivity contribution in [2.24, 2.45) is 0 Å². The first-order chi connectivity index (χ1) is 10.2. The van der Waals surface area contributed by atoms with E-state index in [0.717, 1.165) is 16.7 Å². The molecule has 4 heteroatoms. The van der Waals surface area contributed by atoms with E-state index in [0.29, 0.717) is 11.3 Å². The highest BCUT2D eigenvalue weighted by atomic mass is 19.1. The standard InChI is InChI=1S/C17H15FN2O/c1-11-4-2-3-5-14(11)17(21)15-10-19-20-16(15)12-6-8-13(18)9-7-12/h2-10,17,21H,1H3,(H,19,20). The normalized spacial score (nSPS) is 12.3. The fourth-order valence-electron chi connectivity index (χ4n) is 2.41. The Morgan fingerprint density at radius 3 is 2.48 bits per heavy atom. The van der Waals surface area contributed by atoms with Gasteiger partial charge in [-0.25, -0.2) is 4.39 Å².